The molecule has 8 nitrogen and oxygen atoms in total. The highest BCUT2D eigenvalue weighted by Crippen LogP contribution is 2.20. The van der Waals surface area contributed by atoms with Crippen molar-refractivity contribution in [2.45, 2.75) is 6.18 Å². The van der Waals surface area contributed by atoms with Crippen LogP contribution < -0.4 is 4.90 Å². The van der Waals surface area contributed by atoms with Gasteiger partial charge in [-0.2, -0.15) is 37.9 Å². The Morgan fingerprint density at radius 2 is 2.05 bits per heavy atom. The molecule has 0 amide bonds. The maximum absolute atomic E-state index is 12.5. The van der Waals surface area contributed by atoms with Crippen LogP contribution in [0.1, 0.15) is 0 Å². The van der Waals surface area contributed by atoms with Crippen LogP contribution >= 0.6 is 11.6 Å². The Bertz CT molecular complexity index is 592. The highest BCUT2D eigenvalue weighted by atomic mass is 35.5. The molecule has 114 valence electrons. The number of aliphatic hydroxyl groups is 1. The van der Waals surface area contributed by atoms with Gasteiger partial charge in [0.25, 0.3) is 5.95 Å². The standard InChI is InChI=1S/C9H9ClF3N7O/c10-6-16-7(19(1-2-21)3-9(11,12)13)18-8(17-6)20-5-14-4-15-20/h4-5,21H,1-3H2. The predicted molar refractivity (Wildman–Crippen MR) is 65.1 cm³/mol. The topological polar surface area (TPSA) is 92.8 Å². The van der Waals surface area contributed by atoms with Crippen LogP contribution in [0.3, 0.4) is 0 Å². The van der Waals surface area contributed by atoms with Gasteiger partial charge in [0.05, 0.1) is 6.61 Å². The second kappa shape index (κ2) is 6.18. The number of nitrogens with zero attached hydrogens (tertiary/aromatic N) is 7. The second-order valence-corrected chi connectivity index (χ2v) is 4.14. The van der Waals surface area contributed by atoms with Gasteiger partial charge < -0.3 is 10.0 Å². The van der Waals surface area contributed by atoms with E-state index in [2.05, 4.69) is 25.0 Å². The van der Waals surface area contributed by atoms with Gasteiger partial charge in [0, 0.05) is 6.54 Å². The van der Waals surface area contributed by atoms with Gasteiger partial charge in [-0.1, -0.05) is 0 Å². The Balaban J connectivity index is 2.36. The summed E-state index contributed by atoms with van der Waals surface area (Å²) >= 11 is 5.69. The summed E-state index contributed by atoms with van der Waals surface area (Å²) in [6.45, 7) is -2.14. The fourth-order valence-electron chi connectivity index (χ4n) is 1.47. The van der Waals surface area contributed by atoms with E-state index < -0.39 is 19.3 Å². The molecule has 12 heteroatoms. The summed E-state index contributed by atoms with van der Waals surface area (Å²) in [5, 5.41) is 12.3. The Labute approximate surface area is 121 Å². The van der Waals surface area contributed by atoms with Crippen LogP contribution in [0.4, 0.5) is 19.1 Å². The molecule has 0 aromatic carbocycles. The Morgan fingerprint density at radius 1 is 1.29 bits per heavy atom. The summed E-state index contributed by atoms with van der Waals surface area (Å²) < 4.78 is 38.7. The van der Waals surface area contributed by atoms with E-state index in [1.54, 1.807) is 0 Å². The minimum Gasteiger partial charge on any atom is -0.395 e. The van der Waals surface area contributed by atoms with Crippen LogP contribution in [-0.2, 0) is 0 Å². The SMILES string of the molecule is OCCN(CC(F)(F)F)c1nc(Cl)nc(-n2cncn2)n1. The monoisotopic (exact) mass is 323 g/mol. The van der Waals surface area contributed by atoms with Crippen molar-refractivity contribution in [3.8, 4) is 5.95 Å². The molecule has 0 saturated heterocycles. The largest absolute Gasteiger partial charge is 0.406 e. The van der Waals surface area contributed by atoms with Gasteiger partial charge >= 0.3 is 6.18 Å². The molecule has 2 aromatic rings. The number of rotatable bonds is 5. The van der Waals surface area contributed by atoms with Gasteiger partial charge in [0.15, 0.2) is 0 Å². The van der Waals surface area contributed by atoms with Crippen LogP contribution in [0.2, 0.25) is 5.28 Å². The number of anilines is 1. The molecule has 0 aliphatic rings. The lowest BCUT2D eigenvalue weighted by Gasteiger charge is -2.23. The molecule has 2 heterocycles. The van der Waals surface area contributed by atoms with Crippen LogP contribution in [0.5, 0.6) is 0 Å². The molecule has 1 N–H and O–H groups in total. The van der Waals surface area contributed by atoms with Crippen molar-refractivity contribution < 1.29 is 18.3 Å². The molecular formula is C9H9ClF3N7O. The molecule has 0 spiro atoms. The van der Waals surface area contributed by atoms with E-state index in [4.69, 9.17) is 16.7 Å². The normalized spacial score (nSPS) is 11.7. The average molecular weight is 324 g/mol. The van der Waals surface area contributed by atoms with Crippen LogP contribution in [0.15, 0.2) is 12.7 Å². The Hall–Kier alpha value is -2.01. The summed E-state index contributed by atoms with van der Waals surface area (Å²) in [5.74, 6) is -0.389. The second-order valence-electron chi connectivity index (χ2n) is 3.80. The smallest absolute Gasteiger partial charge is 0.395 e. The van der Waals surface area contributed by atoms with Crippen molar-refractivity contribution in [3.05, 3.63) is 17.9 Å². The molecular weight excluding hydrogens is 315 g/mol. The highest BCUT2D eigenvalue weighted by molar-refractivity contribution is 6.28. The number of aromatic nitrogens is 6. The maximum atomic E-state index is 12.5. The number of halogens is 4. The molecule has 0 bridgehead atoms. The first kappa shape index (κ1) is 15.4. The third-order valence-electron chi connectivity index (χ3n) is 2.23. The van der Waals surface area contributed by atoms with Crippen molar-refractivity contribution >= 4 is 17.5 Å². The Morgan fingerprint density at radius 3 is 2.62 bits per heavy atom. The Kier molecular flexibility index (Phi) is 4.53. The van der Waals surface area contributed by atoms with Crippen LogP contribution in [0, 0.1) is 0 Å². The minimum atomic E-state index is -4.48. The zero-order chi connectivity index (χ0) is 15.5. The zero-order valence-corrected chi connectivity index (χ0v) is 11.1. The molecule has 0 radical (unpaired) electrons. The fourth-order valence-corrected chi connectivity index (χ4v) is 1.62. The molecule has 2 rings (SSSR count). The molecule has 21 heavy (non-hydrogen) atoms. The van der Waals surface area contributed by atoms with E-state index in [-0.39, 0.29) is 23.7 Å². The molecule has 0 aliphatic carbocycles. The quantitative estimate of drug-likeness (QED) is 0.854. The number of hydrogen-bond donors (Lipinski definition) is 1. The minimum absolute atomic E-state index is 0.0763. The van der Waals surface area contributed by atoms with Crippen molar-refractivity contribution in [3.63, 3.8) is 0 Å². The van der Waals surface area contributed by atoms with E-state index >= 15 is 0 Å². The molecule has 0 fully saturated rings. The van der Waals surface area contributed by atoms with Gasteiger partial charge in [-0.15, -0.1) is 0 Å². The third kappa shape index (κ3) is 4.23. The molecule has 0 unspecified atom stereocenters. The van der Waals surface area contributed by atoms with Crippen molar-refractivity contribution in [2.24, 2.45) is 0 Å². The summed E-state index contributed by atoms with van der Waals surface area (Å²) in [6, 6.07) is 0. The highest BCUT2D eigenvalue weighted by Gasteiger charge is 2.32. The van der Waals surface area contributed by atoms with Gasteiger partial charge in [0.1, 0.15) is 19.2 Å². The number of hydrogen-bond acceptors (Lipinski definition) is 7. The van der Waals surface area contributed by atoms with Crippen LogP contribution in [-0.4, -0.2) is 60.7 Å². The lowest BCUT2D eigenvalue weighted by Crippen LogP contribution is -2.37. The van der Waals surface area contributed by atoms with E-state index in [0.29, 0.717) is 0 Å². The molecule has 0 saturated carbocycles. The maximum Gasteiger partial charge on any atom is 0.406 e. The number of aliphatic hydroxyl groups excluding tert-OH is 1. The average Bonchev–Trinajstić information content (AvgIpc) is 2.90. The summed E-state index contributed by atoms with van der Waals surface area (Å²) in [6.07, 6.45) is -2.02. The van der Waals surface area contributed by atoms with Gasteiger partial charge in [-0.3, -0.25) is 0 Å². The zero-order valence-electron chi connectivity index (χ0n) is 10.4. The van der Waals surface area contributed by atoms with Crippen molar-refractivity contribution in [1.82, 2.24) is 29.7 Å². The van der Waals surface area contributed by atoms with E-state index in [1.165, 1.54) is 12.7 Å². The summed E-state index contributed by atoms with van der Waals surface area (Å²) in [5.41, 5.74) is 0. The number of alkyl halides is 3. The lowest BCUT2D eigenvalue weighted by atomic mass is 10.5. The first-order valence-corrected chi connectivity index (χ1v) is 5.96. The van der Waals surface area contributed by atoms with E-state index in [1.807, 2.05) is 0 Å². The molecule has 0 aliphatic heterocycles. The van der Waals surface area contributed by atoms with E-state index in [0.717, 1.165) is 9.58 Å². The lowest BCUT2D eigenvalue weighted by molar-refractivity contribution is -0.120. The van der Waals surface area contributed by atoms with E-state index in [9.17, 15) is 13.2 Å². The first-order chi connectivity index (χ1) is 9.89. The predicted octanol–water partition coefficient (Wildman–Crippen LogP) is 0.467. The van der Waals surface area contributed by atoms with Gasteiger partial charge in [-0.25, -0.2) is 4.98 Å². The summed E-state index contributed by atoms with van der Waals surface area (Å²) in [7, 11) is 0. The molecule has 0 atom stereocenters. The molecule has 2 aromatic heterocycles. The third-order valence-corrected chi connectivity index (χ3v) is 2.40. The van der Waals surface area contributed by atoms with Gasteiger partial charge in [-0.05, 0) is 11.6 Å². The summed E-state index contributed by atoms with van der Waals surface area (Å²) in [4.78, 5) is 15.7. The van der Waals surface area contributed by atoms with Gasteiger partial charge in [0.2, 0.25) is 11.2 Å². The van der Waals surface area contributed by atoms with Crippen molar-refractivity contribution in [2.75, 3.05) is 24.6 Å². The van der Waals surface area contributed by atoms with Crippen LogP contribution in [0.25, 0.3) is 5.95 Å². The fraction of sp³-hybridized carbons (Fsp3) is 0.444. The first-order valence-electron chi connectivity index (χ1n) is 5.58. The van der Waals surface area contributed by atoms with Crippen molar-refractivity contribution in [1.29, 1.82) is 0 Å².